The van der Waals surface area contributed by atoms with Gasteiger partial charge in [0, 0.05) is 44.4 Å². The number of likely N-dealkylation sites (tertiary alicyclic amines) is 1. The maximum atomic E-state index is 13.5. The summed E-state index contributed by atoms with van der Waals surface area (Å²) >= 11 is 0. The van der Waals surface area contributed by atoms with Crippen molar-refractivity contribution in [2.75, 3.05) is 58.0 Å². The van der Waals surface area contributed by atoms with Gasteiger partial charge in [0.15, 0.2) is 0 Å². The molecule has 3 heterocycles. The van der Waals surface area contributed by atoms with Gasteiger partial charge in [-0.3, -0.25) is 4.79 Å². The fraction of sp³-hybridized carbons (Fsp3) is 0.500. The number of carbonyl (C=O) groups is 1. The summed E-state index contributed by atoms with van der Waals surface area (Å²) < 4.78 is 56.6. The summed E-state index contributed by atoms with van der Waals surface area (Å²) in [7, 11) is 1.58. The standard InChI is InChI=1S/C24H26F3N3O4/c1-32-8-9-34-16-23-14-29(22(31)18-5-7-33-13-18)6-4-19(23)12-30(15-23)20-3-2-17(11-28)21(10-20)24(25,26)27/h2-3,5,7,10,13,19H,4,6,8-9,12,14-16H2,1H3/t19-,23+/m1/s1. The third-order valence-electron chi connectivity index (χ3n) is 6.74. The van der Waals surface area contributed by atoms with Gasteiger partial charge in [-0.2, -0.15) is 18.4 Å². The molecule has 1 amide bonds. The number of rotatable bonds is 7. The van der Waals surface area contributed by atoms with Gasteiger partial charge in [0.2, 0.25) is 0 Å². The summed E-state index contributed by atoms with van der Waals surface area (Å²) in [6, 6.07) is 7.06. The number of hydrogen-bond donors (Lipinski definition) is 0. The molecule has 0 saturated carbocycles. The highest BCUT2D eigenvalue weighted by atomic mass is 19.4. The third kappa shape index (κ3) is 4.76. The van der Waals surface area contributed by atoms with Crippen LogP contribution in [0.2, 0.25) is 0 Å². The fourth-order valence-corrected chi connectivity index (χ4v) is 5.01. The number of benzene rings is 1. The molecule has 2 aliphatic rings. The van der Waals surface area contributed by atoms with E-state index in [9.17, 15) is 18.0 Å². The number of anilines is 1. The van der Waals surface area contributed by atoms with Crippen LogP contribution in [0.25, 0.3) is 0 Å². The summed E-state index contributed by atoms with van der Waals surface area (Å²) in [6.07, 6.45) is -1.06. The van der Waals surface area contributed by atoms with E-state index < -0.39 is 22.7 Å². The number of carbonyl (C=O) groups excluding carboxylic acids is 1. The first-order chi connectivity index (χ1) is 16.3. The van der Waals surface area contributed by atoms with Crippen molar-refractivity contribution in [1.29, 1.82) is 5.26 Å². The molecule has 2 saturated heterocycles. The number of methoxy groups -OCH3 is 1. The number of halogens is 3. The lowest BCUT2D eigenvalue weighted by Crippen LogP contribution is -2.53. The molecule has 1 aromatic heterocycles. The Morgan fingerprint density at radius 2 is 2.12 bits per heavy atom. The maximum absolute atomic E-state index is 13.5. The summed E-state index contributed by atoms with van der Waals surface area (Å²) in [6.45, 7) is 3.11. The smallest absolute Gasteiger partial charge is 0.417 e. The Morgan fingerprint density at radius 1 is 1.29 bits per heavy atom. The lowest BCUT2D eigenvalue weighted by atomic mass is 9.73. The Bertz CT molecular complexity index is 1050. The van der Waals surface area contributed by atoms with Crippen molar-refractivity contribution >= 4 is 11.6 Å². The number of nitrogens with zero attached hydrogens (tertiary/aromatic N) is 3. The highest BCUT2D eigenvalue weighted by molar-refractivity contribution is 5.94. The molecule has 2 aromatic rings. The number of furan rings is 1. The van der Waals surface area contributed by atoms with Gasteiger partial charge >= 0.3 is 6.18 Å². The van der Waals surface area contributed by atoms with Crippen LogP contribution in [0, 0.1) is 22.7 Å². The van der Waals surface area contributed by atoms with E-state index in [1.54, 1.807) is 30.2 Å². The number of nitriles is 1. The molecule has 2 atom stereocenters. The second-order valence-corrected chi connectivity index (χ2v) is 8.85. The van der Waals surface area contributed by atoms with Crippen molar-refractivity contribution in [1.82, 2.24) is 4.90 Å². The zero-order chi connectivity index (χ0) is 24.3. The average molecular weight is 477 g/mol. The number of hydrogen-bond acceptors (Lipinski definition) is 6. The van der Waals surface area contributed by atoms with E-state index in [2.05, 4.69) is 0 Å². The molecule has 7 nitrogen and oxygen atoms in total. The van der Waals surface area contributed by atoms with Gasteiger partial charge in [-0.1, -0.05) is 0 Å². The van der Waals surface area contributed by atoms with Crippen LogP contribution < -0.4 is 4.90 Å². The topological polar surface area (TPSA) is 78.9 Å². The van der Waals surface area contributed by atoms with Crippen molar-refractivity contribution in [2.24, 2.45) is 11.3 Å². The van der Waals surface area contributed by atoms with Crippen LogP contribution in [0.3, 0.4) is 0 Å². The Balaban J connectivity index is 1.60. The summed E-state index contributed by atoms with van der Waals surface area (Å²) in [5.41, 5.74) is -0.917. The lowest BCUT2D eigenvalue weighted by molar-refractivity contribution is -0.137. The second kappa shape index (κ2) is 9.68. The highest BCUT2D eigenvalue weighted by Crippen LogP contribution is 2.45. The quantitative estimate of drug-likeness (QED) is 0.565. The first-order valence-electron chi connectivity index (χ1n) is 11.0. The van der Waals surface area contributed by atoms with Gasteiger partial charge in [0.05, 0.1) is 48.8 Å². The van der Waals surface area contributed by atoms with Crippen LogP contribution >= 0.6 is 0 Å². The summed E-state index contributed by atoms with van der Waals surface area (Å²) in [5.74, 6) is -0.00641. The zero-order valence-electron chi connectivity index (χ0n) is 18.8. The van der Waals surface area contributed by atoms with E-state index >= 15 is 0 Å². The van der Waals surface area contributed by atoms with E-state index in [1.807, 2.05) is 4.90 Å². The van der Waals surface area contributed by atoms with Crippen LogP contribution in [0.5, 0.6) is 0 Å². The molecular weight excluding hydrogens is 451 g/mol. The zero-order valence-corrected chi connectivity index (χ0v) is 18.8. The molecule has 10 heteroatoms. The SMILES string of the molecule is COCCOC[C@@]12CN(C(=O)c3ccoc3)CC[C@@H]1CN(c1ccc(C#N)c(C(F)(F)F)c1)C2. The molecule has 182 valence electrons. The van der Waals surface area contributed by atoms with Crippen molar-refractivity contribution in [3.8, 4) is 6.07 Å². The van der Waals surface area contributed by atoms with Crippen LogP contribution in [-0.2, 0) is 15.7 Å². The van der Waals surface area contributed by atoms with Crippen molar-refractivity contribution in [2.45, 2.75) is 12.6 Å². The molecule has 2 fully saturated rings. The van der Waals surface area contributed by atoms with Crippen LogP contribution in [0.1, 0.15) is 27.9 Å². The number of amides is 1. The molecule has 1 aromatic carbocycles. The van der Waals surface area contributed by atoms with Gasteiger partial charge in [-0.05, 0) is 36.6 Å². The third-order valence-corrected chi connectivity index (χ3v) is 6.74. The number of fused-ring (bicyclic) bond motifs is 1. The molecule has 0 bridgehead atoms. The highest BCUT2D eigenvalue weighted by Gasteiger charge is 2.51. The lowest BCUT2D eigenvalue weighted by Gasteiger charge is -2.43. The monoisotopic (exact) mass is 477 g/mol. The first-order valence-corrected chi connectivity index (χ1v) is 11.0. The second-order valence-electron chi connectivity index (χ2n) is 8.85. The first kappa shape index (κ1) is 24.1. The molecule has 0 spiro atoms. The fourth-order valence-electron chi connectivity index (χ4n) is 5.01. The minimum absolute atomic E-state index is 0.133. The average Bonchev–Trinajstić information content (AvgIpc) is 3.48. The van der Waals surface area contributed by atoms with Gasteiger partial charge in [-0.15, -0.1) is 0 Å². The van der Waals surface area contributed by atoms with Gasteiger partial charge < -0.3 is 23.7 Å². The minimum Gasteiger partial charge on any atom is -0.472 e. The maximum Gasteiger partial charge on any atom is 0.417 e. The molecule has 0 aliphatic carbocycles. The van der Waals surface area contributed by atoms with Crippen molar-refractivity contribution < 1.29 is 31.9 Å². The van der Waals surface area contributed by atoms with E-state index in [1.165, 1.54) is 18.6 Å². The van der Waals surface area contributed by atoms with Crippen molar-refractivity contribution in [3.63, 3.8) is 0 Å². The van der Waals surface area contributed by atoms with Gasteiger partial charge in [-0.25, -0.2) is 0 Å². The molecular formula is C24H26F3N3O4. The molecule has 0 unspecified atom stereocenters. The van der Waals surface area contributed by atoms with Crippen molar-refractivity contribution in [3.05, 3.63) is 53.5 Å². The summed E-state index contributed by atoms with van der Waals surface area (Å²) in [4.78, 5) is 16.7. The van der Waals surface area contributed by atoms with Gasteiger partial charge in [0.1, 0.15) is 6.26 Å². The predicted molar refractivity (Wildman–Crippen MR) is 116 cm³/mol. The molecule has 2 aliphatic heterocycles. The number of ether oxygens (including phenoxy) is 2. The number of alkyl halides is 3. The van der Waals surface area contributed by atoms with E-state index in [4.69, 9.17) is 19.2 Å². The Hall–Kier alpha value is -3.03. The normalized spacial score (nSPS) is 22.5. The predicted octanol–water partition coefficient (Wildman–Crippen LogP) is 3.80. The molecule has 4 rings (SSSR count). The minimum atomic E-state index is -4.62. The Morgan fingerprint density at radius 3 is 2.79 bits per heavy atom. The van der Waals surface area contributed by atoms with Crippen LogP contribution in [-0.4, -0.2) is 63.9 Å². The van der Waals surface area contributed by atoms with E-state index in [0.29, 0.717) is 63.7 Å². The largest absolute Gasteiger partial charge is 0.472 e. The number of piperidine rings is 1. The molecule has 34 heavy (non-hydrogen) atoms. The van der Waals surface area contributed by atoms with E-state index in [-0.39, 0.29) is 11.8 Å². The van der Waals surface area contributed by atoms with E-state index in [0.717, 1.165) is 6.07 Å². The van der Waals surface area contributed by atoms with Gasteiger partial charge in [0.25, 0.3) is 5.91 Å². The summed E-state index contributed by atoms with van der Waals surface area (Å²) in [5, 5.41) is 9.11. The molecule has 0 N–H and O–H groups in total. The molecule has 0 radical (unpaired) electrons. The Labute approximate surface area is 195 Å². The van der Waals surface area contributed by atoms with Crippen LogP contribution in [0.4, 0.5) is 18.9 Å². The Kier molecular flexibility index (Phi) is 6.86. The van der Waals surface area contributed by atoms with Crippen LogP contribution in [0.15, 0.2) is 41.2 Å².